The molecule has 0 saturated carbocycles. The van der Waals surface area contributed by atoms with Crippen molar-refractivity contribution in [3.05, 3.63) is 52.5 Å². The SMILES string of the molecule is FC(F)Oc1ccc(Br)cc1CNCc1ccncn1. The predicted octanol–water partition coefficient (Wildman–Crippen LogP) is 3.13. The number of hydrogen-bond donors (Lipinski definition) is 1. The lowest BCUT2D eigenvalue weighted by Gasteiger charge is -2.12. The lowest BCUT2D eigenvalue weighted by molar-refractivity contribution is -0.0505. The number of nitrogens with one attached hydrogen (secondary N) is 1. The second kappa shape index (κ2) is 7.25. The van der Waals surface area contributed by atoms with Gasteiger partial charge < -0.3 is 10.1 Å². The minimum absolute atomic E-state index is 0.165. The monoisotopic (exact) mass is 343 g/mol. The first-order chi connectivity index (χ1) is 9.65. The highest BCUT2D eigenvalue weighted by molar-refractivity contribution is 9.10. The highest BCUT2D eigenvalue weighted by Gasteiger charge is 2.10. The molecule has 0 radical (unpaired) electrons. The maximum Gasteiger partial charge on any atom is 0.387 e. The summed E-state index contributed by atoms with van der Waals surface area (Å²) < 4.78 is 29.9. The lowest BCUT2D eigenvalue weighted by Crippen LogP contribution is -2.15. The minimum Gasteiger partial charge on any atom is -0.434 e. The molecule has 20 heavy (non-hydrogen) atoms. The Morgan fingerprint density at radius 1 is 1.25 bits per heavy atom. The van der Waals surface area contributed by atoms with E-state index < -0.39 is 6.61 Å². The zero-order valence-corrected chi connectivity index (χ0v) is 12.0. The molecule has 4 nitrogen and oxygen atoms in total. The first kappa shape index (κ1) is 14.8. The van der Waals surface area contributed by atoms with Gasteiger partial charge in [-0.05, 0) is 24.3 Å². The smallest absolute Gasteiger partial charge is 0.387 e. The predicted molar refractivity (Wildman–Crippen MR) is 73.3 cm³/mol. The second-order valence-corrected chi connectivity index (χ2v) is 4.85. The molecule has 0 amide bonds. The summed E-state index contributed by atoms with van der Waals surface area (Å²) in [5.41, 5.74) is 1.47. The van der Waals surface area contributed by atoms with Crippen molar-refractivity contribution in [3.8, 4) is 5.75 Å². The largest absolute Gasteiger partial charge is 0.434 e. The molecule has 2 aromatic rings. The molecule has 0 aliphatic carbocycles. The van der Waals surface area contributed by atoms with Crippen LogP contribution >= 0.6 is 15.9 Å². The summed E-state index contributed by atoms with van der Waals surface area (Å²) in [5.74, 6) is 0.165. The van der Waals surface area contributed by atoms with Gasteiger partial charge in [-0.2, -0.15) is 8.78 Å². The van der Waals surface area contributed by atoms with Crippen molar-refractivity contribution in [2.75, 3.05) is 0 Å². The zero-order chi connectivity index (χ0) is 14.4. The molecule has 1 heterocycles. The fourth-order valence-electron chi connectivity index (χ4n) is 1.65. The van der Waals surface area contributed by atoms with E-state index in [2.05, 4.69) is 36.0 Å². The summed E-state index contributed by atoms with van der Waals surface area (Å²) in [6.07, 6.45) is 3.11. The summed E-state index contributed by atoms with van der Waals surface area (Å²) >= 11 is 3.31. The number of halogens is 3. The van der Waals surface area contributed by atoms with Gasteiger partial charge in [-0.3, -0.25) is 0 Å². The van der Waals surface area contributed by atoms with E-state index in [1.54, 1.807) is 24.4 Å². The molecule has 0 saturated heterocycles. The molecule has 0 unspecified atom stereocenters. The van der Waals surface area contributed by atoms with Gasteiger partial charge in [0.1, 0.15) is 12.1 Å². The van der Waals surface area contributed by atoms with Crippen LogP contribution in [0.15, 0.2) is 41.3 Å². The Balaban J connectivity index is 1.99. The maximum absolute atomic E-state index is 12.3. The summed E-state index contributed by atoms with van der Waals surface area (Å²) in [5, 5.41) is 3.12. The van der Waals surface area contributed by atoms with E-state index in [-0.39, 0.29) is 5.75 Å². The highest BCUT2D eigenvalue weighted by atomic mass is 79.9. The number of nitrogens with zero attached hydrogens (tertiary/aromatic N) is 2. The van der Waals surface area contributed by atoms with Gasteiger partial charge in [-0.15, -0.1) is 0 Å². The third-order valence-corrected chi connectivity index (χ3v) is 3.00. The van der Waals surface area contributed by atoms with Gasteiger partial charge in [0.05, 0.1) is 5.69 Å². The Kier molecular flexibility index (Phi) is 5.37. The molecule has 1 aromatic carbocycles. The molecule has 2 rings (SSSR count). The standard InChI is InChI=1S/C13H12BrF2N3O/c14-10-1-2-12(20-13(15)16)9(5-10)6-18-7-11-3-4-17-8-19-11/h1-5,8,13,18H,6-7H2. The first-order valence-corrected chi connectivity index (χ1v) is 6.63. The van der Waals surface area contributed by atoms with Gasteiger partial charge in [0.25, 0.3) is 0 Å². The quantitative estimate of drug-likeness (QED) is 0.875. The van der Waals surface area contributed by atoms with Gasteiger partial charge in [0.2, 0.25) is 0 Å². The fraction of sp³-hybridized carbons (Fsp3) is 0.231. The average Bonchev–Trinajstić information content (AvgIpc) is 2.42. The van der Waals surface area contributed by atoms with Crippen molar-refractivity contribution in [2.45, 2.75) is 19.7 Å². The Morgan fingerprint density at radius 2 is 2.10 bits per heavy atom. The van der Waals surface area contributed by atoms with E-state index in [0.717, 1.165) is 10.2 Å². The summed E-state index contributed by atoms with van der Waals surface area (Å²) in [6.45, 7) is -1.92. The van der Waals surface area contributed by atoms with E-state index >= 15 is 0 Å². The van der Waals surface area contributed by atoms with Crippen molar-refractivity contribution in [3.63, 3.8) is 0 Å². The van der Waals surface area contributed by atoms with Crippen molar-refractivity contribution < 1.29 is 13.5 Å². The van der Waals surface area contributed by atoms with Crippen molar-refractivity contribution in [2.24, 2.45) is 0 Å². The Labute approximate surface area is 123 Å². The maximum atomic E-state index is 12.3. The molecule has 106 valence electrons. The Bertz CT molecular complexity index is 555. The van der Waals surface area contributed by atoms with Gasteiger partial charge in [0, 0.05) is 29.3 Å². The molecule has 0 spiro atoms. The molecular formula is C13H12BrF2N3O. The van der Waals surface area contributed by atoms with Gasteiger partial charge in [0.15, 0.2) is 0 Å². The van der Waals surface area contributed by atoms with E-state index in [1.165, 1.54) is 12.4 Å². The first-order valence-electron chi connectivity index (χ1n) is 5.84. The van der Waals surface area contributed by atoms with Crippen LogP contribution in [0.5, 0.6) is 5.75 Å². The molecule has 0 aliphatic rings. The number of alkyl halides is 2. The Morgan fingerprint density at radius 3 is 2.80 bits per heavy atom. The average molecular weight is 344 g/mol. The zero-order valence-electron chi connectivity index (χ0n) is 10.4. The van der Waals surface area contributed by atoms with Crippen LogP contribution < -0.4 is 10.1 Å². The van der Waals surface area contributed by atoms with E-state index in [0.29, 0.717) is 18.7 Å². The molecule has 7 heteroatoms. The van der Waals surface area contributed by atoms with Crippen LogP contribution in [0.25, 0.3) is 0 Å². The Hall–Kier alpha value is -1.60. The normalized spacial score (nSPS) is 10.8. The lowest BCUT2D eigenvalue weighted by atomic mass is 10.2. The van der Waals surface area contributed by atoms with Crippen LogP contribution in [0.4, 0.5) is 8.78 Å². The van der Waals surface area contributed by atoms with Crippen molar-refractivity contribution in [1.29, 1.82) is 0 Å². The molecule has 0 aliphatic heterocycles. The number of benzene rings is 1. The van der Waals surface area contributed by atoms with E-state index in [1.807, 2.05) is 0 Å². The third kappa shape index (κ3) is 4.50. The van der Waals surface area contributed by atoms with Crippen LogP contribution in [0.2, 0.25) is 0 Å². The summed E-state index contributed by atoms with van der Waals surface area (Å²) in [6, 6.07) is 6.69. The van der Waals surface area contributed by atoms with Crippen LogP contribution in [0.3, 0.4) is 0 Å². The van der Waals surface area contributed by atoms with Crippen LogP contribution in [-0.2, 0) is 13.1 Å². The highest BCUT2D eigenvalue weighted by Crippen LogP contribution is 2.24. The van der Waals surface area contributed by atoms with Crippen molar-refractivity contribution >= 4 is 15.9 Å². The molecular weight excluding hydrogens is 332 g/mol. The number of hydrogen-bond acceptors (Lipinski definition) is 4. The van der Waals surface area contributed by atoms with Crippen molar-refractivity contribution in [1.82, 2.24) is 15.3 Å². The molecule has 1 N–H and O–H groups in total. The second-order valence-electron chi connectivity index (χ2n) is 3.93. The summed E-state index contributed by atoms with van der Waals surface area (Å²) in [4.78, 5) is 7.89. The number of aromatic nitrogens is 2. The van der Waals surface area contributed by atoms with E-state index in [4.69, 9.17) is 0 Å². The number of ether oxygens (including phenoxy) is 1. The van der Waals surface area contributed by atoms with Crippen LogP contribution in [-0.4, -0.2) is 16.6 Å². The topological polar surface area (TPSA) is 47.0 Å². The minimum atomic E-state index is -2.84. The van der Waals surface area contributed by atoms with Gasteiger partial charge in [-0.1, -0.05) is 15.9 Å². The number of rotatable bonds is 6. The molecule has 0 atom stereocenters. The fourth-order valence-corrected chi connectivity index (χ4v) is 2.05. The van der Waals surface area contributed by atoms with Gasteiger partial charge >= 0.3 is 6.61 Å². The molecule has 0 fully saturated rings. The third-order valence-electron chi connectivity index (χ3n) is 2.50. The van der Waals surface area contributed by atoms with E-state index in [9.17, 15) is 8.78 Å². The molecule has 0 bridgehead atoms. The molecule has 1 aromatic heterocycles. The van der Waals surface area contributed by atoms with Gasteiger partial charge in [-0.25, -0.2) is 9.97 Å². The van der Waals surface area contributed by atoms with Crippen LogP contribution in [0.1, 0.15) is 11.3 Å². The summed E-state index contributed by atoms with van der Waals surface area (Å²) in [7, 11) is 0. The van der Waals surface area contributed by atoms with Crippen LogP contribution in [0, 0.1) is 0 Å².